The molecule has 0 radical (unpaired) electrons. The average molecular weight is 351 g/mol. The fourth-order valence-corrected chi connectivity index (χ4v) is 3.60. The standard InChI is InChI=1S/C19H17N3O2S/c23-17(20-13-6-2-1-3-7-13)12-25-19-21-16-9-5-4-8-15(16)18(24)22(19)14-10-11-14/h1-9,14H,10-12H2,(H,20,23). The third kappa shape index (κ3) is 3.44. The number of hydrogen-bond acceptors (Lipinski definition) is 4. The van der Waals surface area contributed by atoms with E-state index in [0.29, 0.717) is 16.1 Å². The summed E-state index contributed by atoms with van der Waals surface area (Å²) in [6, 6.07) is 16.9. The van der Waals surface area contributed by atoms with Crippen LogP contribution in [-0.2, 0) is 4.79 Å². The van der Waals surface area contributed by atoms with E-state index in [2.05, 4.69) is 10.3 Å². The van der Waals surface area contributed by atoms with Crippen molar-refractivity contribution in [1.29, 1.82) is 0 Å². The maximum absolute atomic E-state index is 12.8. The van der Waals surface area contributed by atoms with E-state index in [4.69, 9.17) is 0 Å². The summed E-state index contributed by atoms with van der Waals surface area (Å²) in [5, 5.41) is 4.11. The Morgan fingerprint density at radius 3 is 2.60 bits per heavy atom. The molecular formula is C19H17N3O2S. The zero-order valence-corrected chi connectivity index (χ0v) is 14.3. The summed E-state index contributed by atoms with van der Waals surface area (Å²) in [6.07, 6.45) is 1.98. The zero-order chi connectivity index (χ0) is 17.2. The van der Waals surface area contributed by atoms with E-state index < -0.39 is 0 Å². The summed E-state index contributed by atoms with van der Waals surface area (Å²) in [7, 11) is 0. The molecule has 3 aromatic rings. The van der Waals surface area contributed by atoms with Crippen LogP contribution in [0.5, 0.6) is 0 Å². The lowest BCUT2D eigenvalue weighted by atomic mass is 10.2. The number of amides is 1. The van der Waals surface area contributed by atoms with Crippen molar-refractivity contribution in [2.75, 3.05) is 11.1 Å². The van der Waals surface area contributed by atoms with Crippen LogP contribution in [0.25, 0.3) is 10.9 Å². The van der Waals surface area contributed by atoms with Gasteiger partial charge in [0.25, 0.3) is 5.56 Å². The molecule has 0 spiro atoms. The molecule has 1 aliphatic rings. The van der Waals surface area contributed by atoms with Gasteiger partial charge < -0.3 is 5.32 Å². The van der Waals surface area contributed by atoms with Crippen molar-refractivity contribution in [1.82, 2.24) is 9.55 Å². The summed E-state index contributed by atoms with van der Waals surface area (Å²) in [5.41, 5.74) is 1.42. The molecule has 126 valence electrons. The third-order valence-electron chi connectivity index (χ3n) is 4.08. The number of benzene rings is 2. The Hall–Kier alpha value is -2.60. The van der Waals surface area contributed by atoms with Gasteiger partial charge in [-0.1, -0.05) is 42.1 Å². The lowest BCUT2D eigenvalue weighted by Crippen LogP contribution is -2.23. The second kappa shape index (κ2) is 6.72. The van der Waals surface area contributed by atoms with E-state index in [1.54, 1.807) is 10.6 Å². The average Bonchev–Trinajstić information content (AvgIpc) is 3.46. The molecule has 0 saturated heterocycles. The number of carbonyl (C=O) groups excluding carboxylic acids is 1. The molecule has 1 aliphatic carbocycles. The van der Waals surface area contributed by atoms with Crippen molar-refractivity contribution in [3.8, 4) is 0 Å². The Kier molecular flexibility index (Phi) is 4.28. The van der Waals surface area contributed by atoms with Gasteiger partial charge in [0, 0.05) is 11.7 Å². The van der Waals surface area contributed by atoms with Gasteiger partial charge in [-0.15, -0.1) is 0 Å². The van der Waals surface area contributed by atoms with Gasteiger partial charge in [-0.2, -0.15) is 0 Å². The molecule has 1 N–H and O–H groups in total. The van der Waals surface area contributed by atoms with E-state index >= 15 is 0 Å². The number of thioether (sulfide) groups is 1. The first-order valence-electron chi connectivity index (χ1n) is 8.21. The highest BCUT2D eigenvalue weighted by atomic mass is 32.2. The van der Waals surface area contributed by atoms with Gasteiger partial charge in [0.1, 0.15) is 0 Å². The van der Waals surface area contributed by atoms with E-state index in [-0.39, 0.29) is 23.3 Å². The number of fused-ring (bicyclic) bond motifs is 1. The maximum Gasteiger partial charge on any atom is 0.262 e. The molecule has 2 aromatic carbocycles. The first kappa shape index (κ1) is 15.9. The largest absolute Gasteiger partial charge is 0.325 e. The van der Waals surface area contributed by atoms with Gasteiger partial charge in [-0.25, -0.2) is 4.98 Å². The van der Waals surface area contributed by atoms with Gasteiger partial charge in [-0.05, 0) is 37.1 Å². The number of hydrogen-bond donors (Lipinski definition) is 1. The number of carbonyl (C=O) groups is 1. The normalized spacial score (nSPS) is 13.8. The molecule has 5 nitrogen and oxygen atoms in total. The quantitative estimate of drug-likeness (QED) is 0.565. The highest BCUT2D eigenvalue weighted by Gasteiger charge is 2.28. The Bertz CT molecular complexity index is 981. The van der Waals surface area contributed by atoms with Crippen LogP contribution in [0.15, 0.2) is 64.5 Å². The van der Waals surface area contributed by atoms with Gasteiger partial charge in [0.15, 0.2) is 5.16 Å². The Morgan fingerprint density at radius 1 is 1.12 bits per heavy atom. The van der Waals surface area contributed by atoms with Gasteiger partial charge >= 0.3 is 0 Å². The molecule has 1 saturated carbocycles. The number of aromatic nitrogens is 2. The van der Waals surface area contributed by atoms with Crippen LogP contribution in [0.4, 0.5) is 5.69 Å². The second-order valence-electron chi connectivity index (χ2n) is 6.02. The van der Waals surface area contributed by atoms with Crippen molar-refractivity contribution < 1.29 is 4.79 Å². The molecule has 0 unspecified atom stereocenters. The predicted octanol–water partition coefficient (Wildman–Crippen LogP) is 3.46. The number of anilines is 1. The minimum atomic E-state index is -0.110. The van der Waals surface area contributed by atoms with Crippen LogP contribution in [0.1, 0.15) is 18.9 Å². The van der Waals surface area contributed by atoms with Crippen molar-refractivity contribution in [2.45, 2.75) is 24.0 Å². The summed E-state index contributed by atoms with van der Waals surface area (Å²) in [4.78, 5) is 29.6. The topological polar surface area (TPSA) is 64.0 Å². The number of nitrogens with zero attached hydrogens (tertiary/aromatic N) is 2. The molecule has 25 heavy (non-hydrogen) atoms. The number of nitrogens with one attached hydrogen (secondary N) is 1. The van der Waals surface area contributed by atoms with Crippen LogP contribution in [0.3, 0.4) is 0 Å². The van der Waals surface area contributed by atoms with Crippen LogP contribution >= 0.6 is 11.8 Å². The summed E-state index contributed by atoms with van der Waals surface area (Å²) in [5.74, 6) is 0.104. The fraction of sp³-hybridized carbons (Fsp3) is 0.211. The molecule has 0 aliphatic heterocycles. The van der Waals surface area contributed by atoms with Crippen molar-refractivity contribution in [2.24, 2.45) is 0 Å². The molecule has 0 bridgehead atoms. The summed E-state index contributed by atoms with van der Waals surface area (Å²) >= 11 is 1.31. The van der Waals surface area contributed by atoms with E-state index in [1.807, 2.05) is 48.5 Å². The maximum atomic E-state index is 12.8. The molecule has 6 heteroatoms. The van der Waals surface area contributed by atoms with E-state index in [1.165, 1.54) is 11.8 Å². The minimum absolute atomic E-state index is 0.0148. The Balaban J connectivity index is 1.57. The Labute approximate surface area is 149 Å². The Morgan fingerprint density at radius 2 is 1.84 bits per heavy atom. The van der Waals surface area contributed by atoms with E-state index in [9.17, 15) is 9.59 Å². The van der Waals surface area contributed by atoms with Crippen LogP contribution < -0.4 is 10.9 Å². The van der Waals surface area contributed by atoms with Crippen molar-refractivity contribution in [3.05, 3.63) is 65.0 Å². The third-order valence-corrected chi connectivity index (χ3v) is 5.03. The molecule has 1 heterocycles. The first-order valence-corrected chi connectivity index (χ1v) is 9.20. The highest BCUT2D eigenvalue weighted by Crippen LogP contribution is 2.36. The van der Waals surface area contributed by atoms with Crippen LogP contribution in [0.2, 0.25) is 0 Å². The smallest absolute Gasteiger partial charge is 0.262 e. The lowest BCUT2D eigenvalue weighted by Gasteiger charge is -2.12. The van der Waals surface area contributed by atoms with E-state index in [0.717, 1.165) is 18.5 Å². The lowest BCUT2D eigenvalue weighted by molar-refractivity contribution is -0.113. The second-order valence-corrected chi connectivity index (χ2v) is 6.96. The molecule has 1 amide bonds. The molecule has 0 atom stereocenters. The molecule has 1 aromatic heterocycles. The van der Waals surface area contributed by atoms with Gasteiger partial charge in [-0.3, -0.25) is 14.2 Å². The first-order chi connectivity index (χ1) is 12.2. The molecule has 1 fully saturated rings. The van der Waals surface area contributed by atoms with Crippen LogP contribution in [0, 0.1) is 0 Å². The monoisotopic (exact) mass is 351 g/mol. The van der Waals surface area contributed by atoms with Gasteiger partial charge in [0.05, 0.1) is 16.7 Å². The number of rotatable bonds is 5. The van der Waals surface area contributed by atoms with Crippen molar-refractivity contribution in [3.63, 3.8) is 0 Å². The predicted molar refractivity (Wildman–Crippen MR) is 100 cm³/mol. The SMILES string of the molecule is O=C(CSc1nc2ccccc2c(=O)n1C1CC1)Nc1ccccc1. The summed E-state index contributed by atoms with van der Waals surface area (Å²) < 4.78 is 1.75. The fourth-order valence-electron chi connectivity index (χ4n) is 2.73. The molecular weight excluding hydrogens is 334 g/mol. The van der Waals surface area contributed by atoms with Crippen molar-refractivity contribution >= 4 is 34.3 Å². The summed E-state index contributed by atoms with van der Waals surface area (Å²) in [6.45, 7) is 0. The minimum Gasteiger partial charge on any atom is -0.325 e. The number of para-hydroxylation sites is 2. The van der Waals surface area contributed by atoms with Crippen LogP contribution in [-0.4, -0.2) is 21.2 Å². The van der Waals surface area contributed by atoms with Gasteiger partial charge in [0.2, 0.25) is 5.91 Å². The molecule has 4 rings (SSSR count). The highest BCUT2D eigenvalue weighted by molar-refractivity contribution is 7.99. The zero-order valence-electron chi connectivity index (χ0n) is 13.5.